The first-order chi connectivity index (χ1) is 17.9. The summed E-state index contributed by atoms with van der Waals surface area (Å²) >= 11 is 6.29. The minimum atomic E-state index is -0.106. The van der Waals surface area contributed by atoms with Gasteiger partial charge in [0.15, 0.2) is 10.9 Å². The van der Waals surface area contributed by atoms with Crippen molar-refractivity contribution < 1.29 is 9.53 Å². The molecule has 1 atom stereocenters. The molecule has 5 aromatic rings. The summed E-state index contributed by atoms with van der Waals surface area (Å²) in [6, 6.07) is 16.8. The molecule has 0 N–H and O–H groups in total. The Morgan fingerprint density at radius 3 is 2.65 bits per heavy atom. The van der Waals surface area contributed by atoms with Crippen LogP contribution in [0.4, 0.5) is 0 Å². The second kappa shape index (κ2) is 9.83. The van der Waals surface area contributed by atoms with Gasteiger partial charge in [-0.15, -0.1) is 21.5 Å². The fraction of sp³-hybridized carbons (Fsp3) is 0.259. The molecule has 7 nitrogen and oxygen atoms in total. The minimum absolute atomic E-state index is 0.000485. The van der Waals surface area contributed by atoms with Crippen LogP contribution in [0.3, 0.4) is 0 Å². The van der Waals surface area contributed by atoms with Gasteiger partial charge in [0.05, 0.1) is 29.5 Å². The summed E-state index contributed by atoms with van der Waals surface area (Å²) in [7, 11) is 0. The lowest BCUT2D eigenvalue weighted by Gasteiger charge is -2.26. The number of ketones is 1. The SMILES string of the molecule is CC(C)C1Cc2c(sc3c2c(=O)n(-c2ccccc2)c2nnc(SCC(=O)c4ccc(Br)cc4)n32)CO1. The molecule has 0 radical (unpaired) electrons. The molecule has 10 heteroatoms. The first-order valence-corrected chi connectivity index (χ1v) is 14.5. The molecule has 3 aromatic heterocycles. The first kappa shape index (κ1) is 24.5. The highest BCUT2D eigenvalue weighted by atomic mass is 79.9. The summed E-state index contributed by atoms with van der Waals surface area (Å²) in [5.41, 5.74) is 2.31. The monoisotopic (exact) mass is 594 g/mol. The number of aromatic nitrogens is 4. The van der Waals surface area contributed by atoms with Gasteiger partial charge in [-0.2, -0.15) is 0 Å². The number of fused-ring (bicyclic) bond motifs is 5. The number of nitrogens with zero attached hydrogens (tertiary/aromatic N) is 4. The second-order valence-corrected chi connectivity index (χ2v) is 12.2. The maximum atomic E-state index is 14.0. The van der Waals surface area contributed by atoms with Crippen molar-refractivity contribution in [2.45, 2.75) is 38.1 Å². The second-order valence-electron chi connectivity index (χ2n) is 9.29. The number of thiophene rings is 1. The molecule has 0 fully saturated rings. The van der Waals surface area contributed by atoms with Gasteiger partial charge in [0.2, 0.25) is 5.78 Å². The van der Waals surface area contributed by atoms with E-state index in [-0.39, 0.29) is 23.2 Å². The number of halogens is 1. The minimum Gasteiger partial charge on any atom is -0.372 e. The molecule has 0 saturated heterocycles. The van der Waals surface area contributed by atoms with Gasteiger partial charge in [0.1, 0.15) is 4.83 Å². The highest BCUT2D eigenvalue weighted by Crippen LogP contribution is 2.37. The van der Waals surface area contributed by atoms with Gasteiger partial charge in [-0.1, -0.05) is 71.9 Å². The van der Waals surface area contributed by atoms with E-state index >= 15 is 0 Å². The maximum absolute atomic E-state index is 14.0. The Kier molecular flexibility index (Phi) is 6.52. The number of carbonyl (C=O) groups is 1. The molecule has 188 valence electrons. The van der Waals surface area contributed by atoms with Crippen molar-refractivity contribution >= 4 is 60.8 Å². The molecule has 0 bridgehead atoms. The number of Topliss-reactive ketones (excluding diaryl/α,β-unsaturated/α-hetero) is 1. The van der Waals surface area contributed by atoms with Crippen LogP contribution in [0.2, 0.25) is 0 Å². The smallest absolute Gasteiger partial charge is 0.268 e. The molecular weight excluding hydrogens is 572 g/mol. The predicted molar refractivity (Wildman–Crippen MR) is 150 cm³/mol. The topological polar surface area (TPSA) is 78.5 Å². The van der Waals surface area contributed by atoms with Crippen LogP contribution < -0.4 is 5.56 Å². The van der Waals surface area contributed by atoms with Gasteiger partial charge in [0.25, 0.3) is 5.56 Å². The van der Waals surface area contributed by atoms with Gasteiger partial charge >= 0.3 is 0 Å². The van der Waals surface area contributed by atoms with E-state index in [4.69, 9.17) is 4.74 Å². The van der Waals surface area contributed by atoms with E-state index in [9.17, 15) is 9.59 Å². The quantitative estimate of drug-likeness (QED) is 0.179. The normalized spacial score (nSPS) is 15.5. The lowest BCUT2D eigenvalue weighted by atomic mass is 9.96. The van der Waals surface area contributed by atoms with Crippen LogP contribution in [0.5, 0.6) is 0 Å². The van der Waals surface area contributed by atoms with Gasteiger partial charge in [-0.25, -0.2) is 8.97 Å². The van der Waals surface area contributed by atoms with Crippen LogP contribution in [0, 0.1) is 5.92 Å². The van der Waals surface area contributed by atoms with Gasteiger partial charge < -0.3 is 4.74 Å². The molecule has 0 amide bonds. The molecule has 37 heavy (non-hydrogen) atoms. The van der Waals surface area contributed by atoms with Crippen molar-refractivity contribution in [1.82, 2.24) is 19.2 Å². The third-order valence-corrected chi connectivity index (χ3v) is 9.25. The Labute approximate surface area is 229 Å². The molecule has 1 aliphatic heterocycles. The molecular formula is C27H23BrN4O3S2. The zero-order valence-corrected chi connectivity index (χ0v) is 23.4. The summed E-state index contributed by atoms with van der Waals surface area (Å²) in [6.45, 7) is 4.76. The van der Waals surface area contributed by atoms with Crippen molar-refractivity contribution in [3.8, 4) is 5.69 Å². The predicted octanol–water partition coefficient (Wildman–Crippen LogP) is 5.93. The van der Waals surface area contributed by atoms with Gasteiger partial charge in [-0.05, 0) is 35.7 Å². The number of rotatable bonds is 6. The van der Waals surface area contributed by atoms with Crippen molar-refractivity contribution in [2.75, 3.05) is 5.75 Å². The molecule has 0 spiro atoms. The molecule has 4 heterocycles. The molecule has 1 aliphatic rings. The van der Waals surface area contributed by atoms with Crippen molar-refractivity contribution in [2.24, 2.45) is 5.92 Å². The van der Waals surface area contributed by atoms with E-state index in [1.165, 1.54) is 11.8 Å². The largest absolute Gasteiger partial charge is 0.372 e. The standard InChI is InChI=1S/C27H23BrN4O3S2/c1-15(2)21-12-19-22(13-35-21)37-25-23(19)24(34)31(18-6-4-3-5-7-18)26-29-30-27(32(25)26)36-14-20(33)16-8-10-17(28)11-9-16/h3-11,15,21H,12-14H2,1-2H3. The Morgan fingerprint density at radius 2 is 1.92 bits per heavy atom. The van der Waals surface area contributed by atoms with E-state index in [2.05, 4.69) is 40.0 Å². The Bertz CT molecular complexity index is 1690. The molecule has 1 unspecified atom stereocenters. The average molecular weight is 596 g/mol. The Hall–Kier alpha value is -2.79. The fourth-order valence-corrected chi connectivity index (χ4v) is 7.01. The van der Waals surface area contributed by atoms with Crippen molar-refractivity contribution in [3.63, 3.8) is 0 Å². The first-order valence-electron chi connectivity index (χ1n) is 12.0. The number of thioether (sulfide) groups is 1. The van der Waals surface area contributed by atoms with E-state index in [0.717, 1.165) is 25.4 Å². The highest BCUT2D eigenvalue weighted by Gasteiger charge is 2.30. The molecule has 6 rings (SSSR count). The lowest BCUT2D eigenvalue weighted by molar-refractivity contribution is 0.00200. The number of benzene rings is 2. The summed E-state index contributed by atoms with van der Waals surface area (Å²) < 4.78 is 10.6. The Morgan fingerprint density at radius 1 is 1.16 bits per heavy atom. The summed E-state index contributed by atoms with van der Waals surface area (Å²) in [6.07, 6.45) is 0.749. The van der Waals surface area contributed by atoms with Crippen LogP contribution in [0.25, 0.3) is 21.7 Å². The Balaban J connectivity index is 1.51. The van der Waals surface area contributed by atoms with E-state index in [1.54, 1.807) is 28.0 Å². The van der Waals surface area contributed by atoms with Crippen LogP contribution in [0.15, 0.2) is 69.0 Å². The third kappa shape index (κ3) is 4.35. The average Bonchev–Trinajstić information content (AvgIpc) is 3.49. The zero-order chi connectivity index (χ0) is 25.7. The van der Waals surface area contributed by atoms with Crippen LogP contribution in [-0.2, 0) is 17.8 Å². The number of para-hydroxylation sites is 1. The van der Waals surface area contributed by atoms with Gasteiger partial charge in [-0.3, -0.25) is 9.59 Å². The summed E-state index contributed by atoms with van der Waals surface area (Å²) in [5.74, 6) is 0.981. The van der Waals surface area contributed by atoms with Crippen LogP contribution >= 0.6 is 39.0 Å². The summed E-state index contributed by atoms with van der Waals surface area (Å²) in [5, 5.41) is 10.1. The van der Waals surface area contributed by atoms with Crippen LogP contribution in [-0.4, -0.2) is 36.8 Å². The molecule has 0 saturated carbocycles. The van der Waals surface area contributed by atoms with Crippen molar-refractivity contribution in [1.29, 1.82) is 0 Å². The molecule has 2 aromatic carbocycles. The van der Waals surface area contributed by atoms with Crippen molar-refractivity contribution in [3.05, 3.63) is 85.4 Å². The van der Waals surface area contributed by atoms with Crippen LogP contribution in [0.1, 0.15) is 34.6 Å². The number of ether oxygens (including phenoxy) is 1. The fourth-order valence-electron chi connectivity index (χ4n) is 4.62. The number of carbonyl (C=O) groups excluding carboxylic acids is 1. The van der Waals surface area contributed by atoms with E-state index < -0.39 is 0 Å². The zero-order valence-electron chi connectivity index (χ0n) is 20.2. The molecule has 0 aliphatic carbocycles. The number of hydrogen-bond donors (Lipinski definition) is 0. The maximum Gasteiger partial charge on any atom is 0.268 e. The summed E-state index contributed by atoms with van der Waals surface area (Å²) in [4.78, 5) is 28.8. The van der Waals surface area contributed by atoms with E-state index in [0.29, 0.717) is 40.8 Å². The number of hydrogen-bond acceptors (Lipinski definition) is 7. The third-order valence-electron chi connectivity index (χ3n) is 6.60. The highest BCUT2D eigenvalue weighted by molar-refractivity contribution is 9.10. The van der Waals surface area contributed by atoms with E-state index in [1.807, 2.05) is 46.9 Å². The lowest BCUT2D eigenvalue weighted by Crippen LogP contribution is -2.28. The van der Waals surface area contributed by atoms with Gasteiger partial charge in [0, 0.05) is 21.3 Å².